The van der Waals surface area contributed by atoms with E-state index in [0.717, 1.165) is 18.7 Å². The summed E-state index contributed by atoms with van der Waals surface area (Å²) in [6.45, 7) is 18.8. The van der Waals surface area contributed by atoms with Crippen molar-refractivity contribution >= 4 is 5.57 Å². The van der Waals surface area contributed by atoms with Crippen LogP contribution in [0, 0.1) is 17.3 Å². The molecule has 23 heavy (non-hydrogen) atoms. The summed E-state index contributed by atoms with van der Waals surface area (Å²) >= 11 is 0. The first-order chi connectivity index (χ1) is 10.7. The van der Waals surface area contributed by atoms with Crippen molar-refractivity contribution in [3.8, 4) is 11.8 Å². The zero-order valence-electron chi connectivity index (χ0n) is 15.6. The van der Waals surface area contributed by atoms with Gasteiger partial charge in [0.05, 0.1) is 0 Å². The van der Waals surface area contributed by atoms with Gasteiger partial charge in [-0.1, -0.05) is 54.3 Å². The third-order valence-electron chi connectivity index (χ3n) is 3.52. The van der Waals surface area contributed by atoms with Gasteiger partial charge in [0.1, 0.15) is 0 Å². The SMILES string of the molecule is C=C(C)c1cccc(CN(C/C=C/C#CC(C)(C)C)C(C)C)c1. The molecule has 1 aromatic carbocycles. The fraction of sp³-hybridized carbons (Fsp3) is 0.455. The van der Waals surface area contributed by atoms with Crippen LogP contribution in [0.1, 0.15) is 52.7 Å². The molecule has 0 spiro atoms. The molecule has 0 aliphatic rings. The molecule has 0 saturated heterocycles. The fourth-order valence-corrected chi connectivity index (χ4v) is 2.13. The van der Waals surface area contributed by atoms with Gasteiger partial charge in [0.15, 0.2) is 0 Å². The highest BCUT2D eigenvalue weighted by molar-refractivity contribution is 5.61. The van der Waals surface area contributed by atoms with Gasteiger partial charge in [-0.25, -0.2) is 0 Å². The summed E-state index contributed by atoms with van der Waals surface area (Å²) in [5.41, 5.74) is 3.72. The molecule has 1 rings (SSSR count). The molecule has 1 heteroatoms. The molecule has 0 atom stereocenters. The first-order valence-electron chi connectivity index (χ1n) is 8.35. The molecule has 0 aliphatic heterocycles. The molecule has 0 unspecified atom stereocenters. The second-order valence-corrected chi connectivity index (χ2v) is 7.43. The van der Waals surface area contributed by atoms with E-state index in [2.05, 4.69) is 95.2 Å². The highest BCUT2D eigenvalue weighted by atomic mass is 15.1. The Bertz CT molecular complexity index is 603. The Labute approximate surface area is 143 Å². The number of nitrogens with zero attached hydrogens (tertiary/aromatic N) is 1. The normalized spacial score (nSPS) is 11.8. The van der Waals surface area contributed by atoms with Crippen molar-refractivity contribution in [3.05, 3.63) is 54.1 Å². The van der Waals surface area contributed by atoms with Gasteiger partial charge in [-0.05, 0) is 58.7 Å². The summed E-state index contributed by atoms with van der Waals surface area (Å²) in [6, 6.07) is 9.14. The largest absolute Gasteiger partial charge is 0.293 e. The molecule has 0 aromatic heterocycles. The molecule has 1 aromatic rings. The summed E-state index contributed by atoms with van der Waals surface area (Å²) in [5, 5.41) is 0. The molecule has 0 fully saturated rings. The van der Waals surface area contributed by atoms with Gasteiger partial charge in [0.25, 0.3) is 0 Å². The molecule has 124 valence electrons. The monoisotopic (exact) mass is 309 g/mol. The topological polar surface area (TPSA) is 3.24 Å². The molecule has 0 radical (unpaired) electrons. The smallest absolute Gasteiger partial charge is 0.0239 e. The zero-order chi connectivity index (χ0) is 17.5. The van der Waals surface area contributed by atoms with Crippen LogP contribution in [0.2, 0.25) is 0 Å². The third kappa shape index (κ3) is 7.86. The molecule has 0 bridgehead atoms. The highest BCUT2D eigenvalue weighted by Gasteiger charge is 2.09. The van der Waals surface area contributed by atoms with Crippen molar-refractivity contribution in [3.63, 3.8) is 0 Å². The molecular formula is C22H31N. The first-order valence-corrected chi connectivity index (χ1v) is 8.35. The Morgan fingerprint density at radius 3 is 2.57 bits per heavy atom. The van der Waals surface area contributed by atoms with Crippen LogP contribution in [0.15, 0.2) is 43.0 Å². The average molecular weight is 309 g/mol. The lowest BCUT2D eigenvalue weighted by molar-refractivity contribution is 0.237. The van der Waals surface area contributed by atoms with E-state index in [1.54, 1.807) is 0 Å². The van der Waals surface area contributed by atoms with E-state index >= 15 is 0 Å². The maximum Gasteiger partial charge on any atom is 0.0239 e. The van der Waals surface area contributed by atoms with Gasteiger partial charge in [0.2, 0.25) is 0 Å². The van der Waals surface area contributed by atoms with Gasteiger partial charge in [-0.15, -0.1) is 0 Å². The van der Waals surface area contributed by atoms with Crippen molar-refractivity contribution in [2.24, 2.45) is 5.41 Å². The molecule has 0 aliphatic carbocycles. The Kier molecular flexibility index (Phi) is 7.33. The number of hydrogen-bond donors (Lipinski definition) is 0. The second kappa shape index (κ2) is 8.75. The van der Waals surface area contributed by atoms with Crippen LogP contribution < -0.4 is 0 Å². The number of allylic oxidation sites excluding steroid dienone is 2. The second-order valence-electron chi connectivity index (χ2n) is 7.43. The molecule has 0 heterocycles. The Balaban J connectivity index is 2.72. The highest BCUT2D eigenvalue weighted by Crippen LogP contribution is 2.16. The average Bonchev–Trinajstić information content (AvgIpc) is 2.44. The number of benzene rings is 1. The minimum absolute atomic E-state index is 0.0606. The zero-order valence-corrected chi connectivity index (χ0v) is 15.6. The van der Waals surface area contributed by atoms with Crippen LogP contribution in [0.25, 0.3) is 5.57 Å². The van der Waals surface area contributed by atoms with Crippen LogP contribution in [-0.4, -0.2) is 17.5 Å². The third-order valence-corrected chi connectivity index (χ3v) is 3.52. The van der Waals surface area contributed by atoms with Gasteiger partial charge < -0.3 is 0 Å². The summed E-state index contributed by atoms with van der Waals surface area (Å²) < 4.78 is 0. The number of rotatable bonds is 6. The fourth-order valence-electron chi connectivity index (χ4n) is 2.13. The lowest BCUT2D eigenvalue weighted by Crippen LogP contribution is -2.30. The lowest BCUT2D eigenvalue weighted by atomic mass is 9.98. The van der Waals surface area contributed by atoms with E-state index in [-0.39, 0.29) is 5.41 Å². The quantitative estimate of drug-likeness (QED) is 0.624. The van der Waals surface area contributed by atoms with Crippen molar-refractivity contribution in [2.45, 2.75) is 54.1 Å². The minimum Gasteiger partial charge on any atom is -0.293 e. The van der Waals surface area contributed by atoms with E-state index < -0.39 is 0 Å². The summed E-state index contributed by atoms with van der Waals surface area (Å²) in [4.78, 5) is 2.44. The van der Waals surface area contributed by atoms with Crippen molar-refractivity contribution in [1.29, 1.82) is 0 Å². The molecule has 0 N–H and O–H groups in total. The standard InChI is InChI=1S/C22H31N/c1-18(2)21-13-11-12-20(16-21)17-23(19(3)4)15-10-8-9-14-22(5,6)7/h8,10-13,16,19H,1,15,17H2,2-7H3/b10-8+. The minimum atomic E-state index is 0.0606. The lowest BCUT2D eigenvalue weighted by Gasteiger charge is -2.25. The van der Waals surface area contributed by atoms with Gasteiger partial charge in [0, 0.05) is 24.5 Å². The number of hydrogen-bond acceptors (Lipinski definition) is 1. The van der Waals surface area contributed by atoms with E-state index in [4.69, 9.17) is 0 Å². The van der Waals surface area contributed by atoms with Crippen LogP contribution >= 0.6 is 0 Å². The van der Waals surface area contributed by atoms with E-state index in [0.29, 0.717) is 6.04 Å². The van der Waals surface area contributed by atoms with Gasteiger partial charge in [-0.3, -0.25) is 4.90 Å². The van der Waals surface area contributed by atoms with E-state index in [9.17, 15) is 0 Å². The van der Waals surface area contributed by atoms with Crippen LogP contribution in [0.3, 0.4) is 0 Å². The van der Waals surface area contributed by atoms with Crippen molar-refractivity contribution in [1.82, 2.24) is 4.90 Å². The predicted octanol–water partition coefficient (Wildman–Crippen LogP) is 5.54. The Morgan fingerprint density at radius 2 is 2.00 bits per heavy atom. The molecular weight excluding hydrogens is 278 g/mol. The maximum atomic E-state index is 4.03. The van der Waals surface area contributed by atoms with Crippen LogP contribution in [-0.2, 0) is 6.54 Å². The summed E-state index contributed by atoms with van der Waals surface area (Å²) in [7, 11) is 0. The predicted molar refractivity (Wildman–Crippen MR) is 103 cm³/mol. The Hall–Kier alpha value is -1.78. The summed E-state index contributed by atoms with van der Waals surface area (Å²) in [6.07, 6.45) is 4.13. The van der Waals surface area contributed by atoms with Crippen LogP contribution in [0.4, 0.5) is 0 Å². The summed E-state index contributed by atoms with van der Waals surface area (Å²) in [5.74, 6) is 6.37. The Morgan fingerprint density at radius 1 is 1.30 bits per heavy atom. The van der Waals surface area contributed by atoms with Gasteiger partial charge >= 0.3 is 0 Å². The van der Waals surface area contributed by atoms with Gasteiger partial charge in [-0.2, -0.15) is 0 Å². The molecule has 1 nitrogen and oxygen atoms in total. The molecule has 0 saturated carbocycles. The van der Waals surface area contributed by atoms with Crippen LogP contribution in [0.5, 0.6) is 0 Å². The van der Waals surface area contributed by atoms with Crippen molar-refractivity contribution < 1.29 is 0 Å². The van der Waals surface area contributed by atoms with Crippen molar-refractivity contribution in [2.75, 3.05) is 6.54 Å². The van der Waals surface area contributed by atoms with E-state index in [1.807, 2.05) is 6.08 Å². The first kappa shape index (κ1) is 19.3. The maximum absolute atomic E-state index is 4.03. The molecule has 0 amide bonds. The van der Waals surface area contributed by atoms with E-state index in [1.165, 1.54) is 11.1 Å².